The Morgan fingerprint density at radius 2 is 2.00 bits per heavy atom. The van der Waals surface area contributed by atoms with Crippen molar-refractivity contribution >= 4 is 43.5 Å². The molecule has 0 bridgehead atoms. The van der Waals surface area contributed by atoms with Gasteiger partial charge >= 0.3 is 0 Å². The van der Waals surface area contributed by atoms with Gasteiger partial charge in [-0.05, 0) is 30.7 Å². The fraction of sp³-hybridized carbons (Fsp3) is 0.250. The van der Waals surface area contributed by atoms with Crippen LogP contribution in [0.4, 0.5) is 0 Å². The van der Waals surface area contributed by atoms with Gasteiger partial charge in [-0.3, -0.25) is 0 Å². The molecule has 0 nitrogen and oxygen atoms in total. The zero-order valence-corrected chi connectivity index (χ0v) is 9.87. The summed E-state index contributed by atoms with van der Waals surface area (Å²) in [6.45, 7) is 1.95. The zero-order chi connectivity index (χ0) is 8.43. The number of benzene rings is 1. The molecule has 60 valence electrons. The molecule has 0 radical (unpaired) electrons. The van der Waals surface area contributed by atoms with Crippen LogP contribution in [-0.2, 0) is 0 Å². The van der Waals surface area contributed by atoms with Crippen LogP contribution in [0.5, 0.6) is 0 Å². The summed E-state index contributed by atoms with van der Waals surface area (Å²) in [4.78, 5) is 0. The highest BCUT2D eigenvalue weighted by molar-refractivity contribution is 9.11. The lowest BCUT2D eigenvalue weighted by Gasteiger charge is -2.05. The second-order valence-electron chi connectivity index (χ2n) is 2.28. The predicted molar refractivity (Wildman–Crippen MR) is 56.1 cm³/mol. The average Bonchev–Trinajstić information content (AvgIpc) is 1.94. The summed E-state index contributed by atoms with van der Waals surface area (Å²) >= 11 is 12.7. The maximum atomic E-state index is 5.93. The number of hydrogen-bond acceptors (Lipinski definition) is 0. The first-order valence-corrected chi connectivity index (χ1v) is 5.22. The van der Waals surface area contributed by atoms with Gasteiger partial charge in [0.25, 0.3) is 0 Å². The fourth-order valence-electron chi connectivity index (χ4n) is 0.819. The molecule has 1 atom stereocenters. The highest BCUT2D eigenvalue weighted by Crippen LogP contribution is 2.29. The highest BCUT2D eigenvalue weighted by Gasteiger charge is 2.05. The van der Waals surface area contributed by atoms with Gasteiger partial charge in [0.2, 0.25) is 0 Å². The largest absolute Gasteiger partial charge is 0.118 e. The van der Waals surface area contributed by atoms with Crippen LogP contribution >= 0.6 is 43.5 Å². The molecule has 11 heavy (non-hydrogen) atoms. The van der Waals surface area contributed by atoms with Crippen molar-refractivity contribution in [2.45, 2.75) is 12.3 Å². The summed E-state index contributed by atoms with van der Waals surface area (Å²) in [6.07, 6.45) is 0. The van der Waals surface area contributed by atoms with E-state index in [0.717, 1.165) is 14.5 Å². The maximum Gasteiger partial charge on any atom is 0.0568 e. The predicted octanol–water partition coefficient (Wildman–Crippen LogP) is 4.51. The second-order valence-corrected chi connectivity index (χ2v) is 4.71. The van der Waals surface area contributed by atoms with Crippen LogP contribution in [0.2, 0.25) is 0 Å². The summed E-state index contributed by atoms with van der Waals surface area (Å²) in [6, 6.07) is 5.98. The molecule has 0 aliphatic carbocycles. The van der Waals surface area contributed by atoms with Gasteiger partial charge in [-0.15, -0.1) is 11.6 Å². The van der Waals surface area contributed by atoms with E-state index in [2.05, 4.69) is 31.9 Å². The molecule has 0 amide bonds. The third-order valence-electron chi connectivity index (χ3n) is 1.39. The molecule has 3 heteroatoms. The third-order valence-corrected chi connectivity index (χ3v) is 2.84. The van der Waals surface area contributed by atoms with Gasteiger partial charge in [0.1, 0.15) is 0 Å². The van der Waals surface area contributed by atoms with E-state index in [0.29, 0.717) is 0 Å². The molecule has 0 saturated carbocycles. The van der Waals surface area contributed by atoms with Crippen LogP contribution in [0.25, 0.3) is 0 Å². The van der Waals surface area contributed by atoms with E-state index in [-0.39, 0.29) is 5.38 Å². The van der Waals surface area contributed by atoms with E-state index in [1.165, 1.54) is 0 Å². The molecule has 1 aromatic rings. The third kappa shape index (κ3) is 2.46. The van der Waals surface area contributed by atoms with Crippen LogP contribution < -0.4 is 0 Å². The Kier molecular flexibility index (Phi) is 3.41. The van der Waals surface area contributed by atoms with Gasteiger partial charge in [0.15, 0.2) is 0 Å². The molecule has 0 aromatic heterocycles. The summed E-state index contributed by atoms with van der Waals surface area (Å²) in [7, 11) is 0. The molecule has 1 unspecified atom stereocenters. The molecule has 1 aromatic carbocycles. The first-order valence-electron chi connectivity index (χ1n) is 3.20. The van der Waals surface area contributed by atoms with Gasteiger partial charge in [-0.2, -0.15) is 0 Å². The first kappa shape index (κ1) is 9.56. The summed E-state index contributed by atoms with van der Waals surface area (Å²) in [5.74, 6) is 0. The van der Waals surface area contributed by atoms with Crippen molar-refractivity contribution in [3.8, 4) is 0 Å². The summed E-state index contributed by atoms with van der Waals surface area (Å²) in [5, 5.41) is 0.0434. The van der Waals surface area contributed by atoms with Gasteiger partial charge < -0.3 is 0 Å². The molecule has 0 saturated heterocycles. The highest BCUT2D eigenvalue weighted by atomic mass is 79.9. The first-order chi connectivity index (χ1) is 5.11. The maximum absolute atomic E-state index is 5.93. The van der Waals surface area contributed by atoms with Crippen molar-refractivity contribution in [3.05, 3.63) is 32.7 Å². The number of halogens is 3. The molecule has 0 fully saturated rings. The van der Waals surface area contributed by atoms with Crippen molar-refractivity contribution in [1.82, 2.24) is 0 Å². The smallest absolute Gasteiger partial charge is 0.0568 e. The zero-order valence-electron chi connectivity index (χ0n) is 5.94. The molecule has 0 aliphatic rings. The van der Waals surface area contributed by atoms with Crippen molar-refractivity contribution < 1.29 is 0 Å². The van der Waals surface area contributed by atoms with Gasteiger partial charge in [0, 0.05) is 8.95 Å². The molecule has 0 spiro atoms. The Balaban J connectivity index is 3.13. The molecular weight excluding hydrogens is 291 g/mol. The van der Waals surface area contributed by atoms with E-state index in [1.54, 1.807) is 0 Å². The number of alkyl halides is 1. The quantitative estimate of drug-likeness (QED) is 0.669. The van der Waals surface area contributed by atoms with Gasteiger partial charge in [-0.1, -0.05) is 31.9 Å². The Morgan fingerprint density at radius 1 is 1.36 bits per heavy atom. The van der Waals surface area contributed by atoms with Gasteiger partial charge in [-0.25, -0.2) is 0 Å². The van der Waals surface area contributed by atoms with E-state index in [1.807, 2.05) is 25.1 Å². The van der Waals surface area contributed by atoms with Crippen LogP contribution in [0.15, 0.2) is 27.1 Å². The van der Waals surface area contributed by atoms with Crippen LogP contribution in [0, 0.1) is 0 Å². The molecular formula is C8H7Br2Cl. The molecule has 0 heterocycles. The normalized spacial score (nSPS) is 13.1. The van der Waals surface area contributed by atoms with Crippen LogP contribution in [0.3, 0.4) is 0 Å². The Morgan fingerprint density at radius 3 is 2.45 bits per heavy atom. The van der Waals surface area contributed by atoms with E-state index >= 15 is 0 Å². The lowest BCUT2D eigenvalue weighted by Crippen LogP contribution is -1.85. The van der Waals surface area contributed by atoms with Crippen molar-refractivity contribution in [2.75, 3.05) is 0 Å². The SMILES string of the molecule is CC(Cl)c1cc(Br)ccc1Br. The summed E-state index contributed by atoms with van der Waals surface area (Å²) in [5.41, 5.74) is 1.11. The Bertz CT molecular complexity index is 258. The minimum Gasteiger partial charge on any atom is -0.118 e. The van der Waals surface area contributed by atoms with Crippen molar-refractivity contribution in [3.63, 3.8) is 0 Å². The number of hydrogen-bond donors (Lipinski definition) is 0. The second kappa shape index (κ2) is 3.92. The molecule has 1 rings (SSSR count). The minimum absolute atomic E-state index is 0.0434. The average molecular weight is 298 g/mol. The topological polar surface area (TPSA) is 0 Å². The summed E-state index contributed by atoms with van der Waals surface area (Å²) < 4.78 is 2.12. The van der Waals surface area contributed by atoms with E-state index in [4.69, 9.17) is 11.6 Å². The minimum atomic E-state index is 0.0434. The van der Waals surface area contributed by atoms with Crippen molar-refractivity contribution in [2.24, 2.45) is 0 Å². The Labute approximate surface area is 88.2 Å². The lowest BCUT2D eigenvalue weighted by molar-refractivity contribution is 1.07. The fourth-order valence-corrected chi connectivity index (χ4v) is 2.10. The monoisotopic (exact) mass is 296 g/mol. The lowest BCUT2D eigenvalue weighted by atomic mass is 10.2. The van der Waals surface area contributed by atoms with E-state index < -0.39 is 0 Å². The van der Waals surface area contributed by atoms with Gasteiger partial charge in [0.05, 0.1) is 5.38 Å². The molecule has 0 N–H and O–H groups in total. The van der Waals surface area contributed by atoms with E-state index in [9.17, 15) is 0 Å². The molecule has 0 aliphatic heterocycles. The standard InChI is InChI=1S/C8H7Br2Cl/c1-5(11)7-4-6(9)2-3-8(7)10/h2-5H,1H3. The van der Waals surface area contributed by atoms with Crippen molar-refractivity contribution in [1.29, 1.82) is 0 Å². The Hall–Kier alpha value is 0.470. The van der Waals surface area contributed by atoms with Crippen LogP contribution in [-0.4, -0.2) is 0 Å². The van der Waals surface area contributed by atoms with Crippen LogP contribution in [0.1, 0.15) is 17.9 Å². The number of rotatable bonds is 1.